The maximum absolute atomic E-state index is 14.5. The molecule has 0 aliphatic carbocycles. The highest BCUT2D eigenvalue weighted by atomic mass is 35.5. The summed E-state index contributed by atoms with van der Waals surface area (Å²) in [4.78, 5) is 20.2. The van der Waals surface area contributed by atoms with Crippen molar-refractivity contribution >= 4 is 23.2 Å². The van der Waals surface area contributed by atoms with E-state index in [1.54, 1.807) is 13.8 Å². The van der Waals surface area contributed by atoms with E-state index in [0.29, 0.717) is 17.3 Å². The second-order valence-corrected chi connectivity index (χ2v) is 7.02. The van der Waals surface area contributed by atoms with Crippen LogP contribution in [0.15, 0.2) is 29.3 Å². The largest absolute Gasteiger partial charge is 0.482 e. The van der Waals surface area contributed by atoms with Gasteiger partial charge < -0.3 is 4.74 Å². The molecule has 0 spiro atoms. The minimum atomic E-state index is -0.975. The number of nitrogens with zero attached hydrogens (tertiary/aromatic N) is 3. The molecule has 0 radical (unpaired) electrons. The van der Waals surface area contributed by atoms with E-state index in [1.165, 1.54) is 19.2 Å². The van der Waals surface area contributed by atoms with E-state index in [1.807, 2.05) is 0 Å². The van der Waals surface area contributed by atoms with Gasteiger partial charge in [0.25, 0.3) is 5.56 Å². The Kier molecular flexibility index (Phi) is 5.86. The van der Waals surface area contributed by atoms with Crippen LogP contribution in [0, 0.1) is 31.3 Å². The van der Waals surface area contributed by atoms with Crippen LogP contribution in [0.3, 0.4) is 0 Å². The molecule has 3 rings (SSSR count). The molecule has 3 heterocycles. The maximum Gasteiger partial charge on any atom is 0.278 e. The number of ether oxygens (including phenoxy) is 1. The van der Waals surface area contributed by atoms with Gasteiger partial charge in [0, 0.05) is 24.0 Å². The van der Waals surface area contributed by atoms with Crippen LogP contribution in [0.4, 0.5) is 13.2 Å². The molecule has 1 unspecified atom stereocenters. The molecule has 1 atom stereocenters. The zero-order valence-electron chi connectivity index (χ0n) is 15.4. The number of pyridine rings is 3. The highest BCUT2D eigenvalue weighted by Crippen LogP contribution is 2.30. The number of halogens is 5. The van der Waals surface area contributed by atoms with Gasteiger partial charge in [0.2, 0.25) is 0 Å². The smallest absolute Gasteiger partial charge is 0.278 e. The number of hydrogen-bond acceptors (Lipinski definition) is 4. The van der Waals surface area contributed by atoms with Crippen LogP contribution in [-0.2, 0) is 0 Å². The van der Waals surface area contributed by atoms with Gasteiger partial charge in [-0.05, 0) is 26.3 Å². The van der Waals surface area contributed by atoms with Crippen molar-refractivity contribution in [2.45, 2.75) is 26.9 Å². The van der Waals surface area contributed by atoms with Gasteiger partial charge in [-0.25, -0.2) is 18.2 Å². The molecule has 3 aromatic heterocycles. The van der Waals surface area contributed by atoms with Crippen molar-refractivity contribution in [3.63, 3.8) is 0 Å². The SMILES string of the molecule is Cc1cnc(Cl)c(F)c1-n1c(C)cc(OC(C)c2ncc(F)cc2F)c(Cl)c1=O. The molecule has 0 fully saturated rings. The zero-order valence-corrected chi connectivity index (χ0v) is 16.9. The lowest BCUT2D eigenvalue weighted by Crippen LogP contribution is -2.24. The maximum atomic E-state index is 14.5. The highest BCUT2D eigenvalue weighted by Gasteiger charge is 2.22. The molecular formula is C19H14Cl2F3N3O2. The first-order valence-corrected chi connectivity index (χ1v) is 9.08. The predicted octanol–water partition coefficient (Wildman–Crippen LogP) is 5.11. The lowest BCUT2D eigenvalue weighted by molar-refractivity contribution is 0.215. The van der Waals surface area contributed by atoms with Crippen molar-refractivity contribution in [2.75, 3.05) is 0 Å². The van der Waals surface area contributed by atoms with Gasteiger partial charge >= 0.3 is 0 Å². The number of aryl methyl sites for hydroxylation is 2. The Morgan fingerprint density at radius 1 is 1.10 bits per heavy atom. The van der Waals surface area contributed by atoms with Crippen LogP contribution in [0.2, 0.25) is 10.2 Å². The molecule has 0 saturated heterocycles. The Morgan fingerprint density at radius 2 is 1.79 bits per heavy atom. The fourth-order valence-electron chi connectivity index (χ4n) is 2.83. The summed E-state index contributed by atoms with van der Waals surface area (Å²) in [6.45, 7) is 4.57. The molecule has 0 bridgehead atoms. The molecular weight excluding hydrogens is 430 g/mol. The average molecular weight is 444 g/mol. The van der Waals surface area contributed by atoms with E-state index in [-0.39, 0.29) is 27.3 Å². The minimum absolute atomic E-state index is 0.0540. The van der Waals surface area contributed by atoms with E-state index in [2.05, 4.69) is 9.97 Å². The van der Waals surface area contributed by atoms with E-state index in [0.717, 1.165) is 10.8 Å². The van der Waals surface area contributed by atoms with Gasteiger partial charge in [0.1, 0.15) is 28.4 Å². The number of hydrogen-bond donors (Lipinski definition) is 0. The average Bonchev–Trinajstić information content (AvgIpc) is 2.65. The molecule has 0 saturated carbocycles. The van der Waals surface area contributed by atoms with E-state index in [4.69, 9.17) is 27.9 Å². The van der Waals surface area contributed by atoms with Gasteiger partial charge in [-0.1, -0.05) is 23.2 Å². The molecule has 0 aliphatic heterocycles. The third kappa shape index (κ3) is 3.95. The first-order valence-electron chi connectivity index (χ1n) is 8.32. The topological polar surface area (TPSA) is 57.0 Å². The molecule has 5 nitrogen and oxygen atoms in total. The summed E-state index contributed by atoms with van der Waals surface area (Å²) in [5.41, 5.74) is -0.343. The summed E-state index contributed by atoms with van der Waals surface area (Å²) < 4.78 is 48.2. The van der Waals surface area contributed by atoms with Gasteiger partial charge in [-0.15, -0.1) is 0 Å². The summed E-state index contributed by atoms with van der Waals surface area (Å²) in [5, 5.41) is -0.739. The van der Waals surface area contributed by atoms with Crippen molar-refractivity contribution in [2.24, 2.45) is 0 Å². The highest BCUT2D eigenvalue weighted by molar-refractivity contribution is 6.32. The summed E-state index contributed by atoms with van der Waals surface area (Å²) in [5.74, 6) is -2.65. The second-order valence-electron chi connectivity index (χ2n) is 6.28. The third-order valence-electron chi connectivity index (χ3n) is 4.18. The number of aromatic nitrogens is 3. The van der Waals surface area contributed by atoms with Crippen LogP contribution in [0.25, 0.3) is 5.69 Å². The quantitative estimate of drug-likeness (QED) is 0.525. The van der Waals surface area contributed by atoms with Gasteiger partial charge in [0.15, 0.2) is 16.8 Å². The van der Waals surface area contributed by atoms with E-state index < -0.39 is 29.1 Å². The minimum Gasteiger partial charge on any atom is -0.482 e. The zero-order chi connectivity index (χ0) is 21.5. The fourth-order valence-corrected chi connectivity index (χ4v) is 3.15. The molecule has 0 amide bonds. The Labute approximate surface area is 173 Å². The standard InChI is InChI=1S/C19H14Cl2F3N3O2/c1-8-6-26-18(21)15(24)17(8)27-9(2)4-13(14(20)19(27)28)29-10(3)16-12(23)5-11(22)7-25-16/h4-7,10H,1-3H3. The lowest BCUT2D eigenvalue weighted by Gasteiger charge is -2.19. The Balaban J connectivity index is 2.07. The predicted molar refractivity (Wildman–Crippen MR) is 102 cm³/mol. The Hall–Kier alpha value is -2.58. The summed E-state index contributed by atoms with van der Waals surface area (Å²) >= 11 is 11.9. The van der Waals surface area contributed by atoms with Crippen molar-refractivity contribution in [1.82, 2.24) is 14.5 Å². The Morgan fingerprint density at radius 3 is 2.45 bits per heavy atom. The molecule has 3 aromatic rings. The van der Waals surface area contributed by atoms with Crippen LogP contribution in [0.5, 0.6) is 5.75 Å². The van der Waals surface area contributed by atoms with Crippen molar-refractivity contribution < 1.29 is 17.9 Å². The normalized spacial score (nSPS) is 12.1. The van der Waals surface area contributed by atoms with E-state index >= 15 is 0 Å². The molecule has 0 aromatic carbocycles. The van der Waals surface area contributed by atoms with Gasteiger partial charge in [-0.3, -0.25) is 14.3 Å². The second kappa shape index (κ2) is 8.04. The van der Waals surface area contributed by atoms with Crippen LogP contribution in [-0.4, -0.2) is 14.5 Å². The Bertz CT molecular complexity index is 1170. The third-order valence-corrected chi connectivity index (χ3v) is 4.79. The van der Waals surface area contributed by atoms with Crippen molar-refractivity contribution in [3.05, 3.63) is 79.5 Å². The number of rotatable bonds is 4. The first-order chi connectivity index (χ1) is 13.6. The fraction of sp³-hybridized carbons (Fsp3) is 0.211. The molecule has 0 N–H and O–H groups in total. The molecule has 152 valence electrons. The summed E-state index contributed by atoms with van der Waals surface area (Å²) in [6.07, 6.45) is 1.20. The summed E-state index contributed by atoms with van der Waals surface area (Å²) in [7, 11) is 0. The van der Waals surface area contributed by atoms with Gasteiger partial charge in [0.05, 0.1) is 11.9 Å². The van der Waals surface area contributed by atoms with Crippen LogP contribution in [0.1, 0.15) is 30.0 Å². The monoisotopic (exact) mass is 443 g/mol. The van der Waals surface area contributed by atoms with Crippen LogP contribution < -0.4 is 10.3 Å². The summed E-state index contributed by atoms with van der Waals surface area (Å²) in [6, 6.07) is 2.07. The molecule has 29 heavy (non-hydrogen) atoms. The van der Waals surface area contributed by atoms with Gasteiger partial charge in [-0.2, -0.15) is 0 Å². The van der Waals surface area contributed by atoms with Crippen molar-refractivity contribution in [1.29, 1.82) is 0 Å². The first kappa shape index (κ1) is 21.1. The van der Waals surface area contributed by atoms with Crippen LogP contribution >= 0.6 is 23.2 Å². The lowest BCUT2D eigenvalue weighted by atomic mass is 10.2. The molecule has 10 heteroatoms. The van der Waals surface area contributed by atoms with E-state index in [9.17, 15) is 18.0 Å². The molecule has 0 aliphatic rings. The van der Waals surface area contributed by atoms with Crippen molar-refractivity contribution in [3.8, 4) is 11.4 Å².